The van der Waals surface area contributed by atoms with Gasteiger partial charge in [0.25, 0.3) is 5.91 Å². The molecule has 0 aliphatic carbocycles. The van der Waals surface area contributed by atoms with Crippen molar-refractivity contribution in [1.82, 2.24) is 10.3 Å². The second kappa shape index (κ2) is 7.24. The molecule has 0 aromatic carbocycles. The summed E-state index contributed by atoms with van der Waals surface area (Å²) in [5.41, 5.74) is 2.37. The molecule has 2 N–H and O–H groups in total. The Labute approximate surface area is 120 Å². The molecule has 2 heterocycles. The zero-order chi connectivity index (χ0) is 14.4. The Morgan fingerprint density at radius 3 is 2.90 bits per heavy atom. The largest absolute Gasteiger partial charge is 0.385 e. The van der Waals surface area contributed by atoms with Crippen LogP contribution in [0.2, 0.25) is 0 Å². The molecule has 0 unspecified atom stereocenters. The summed E-state index contributed by atoms with van der Waals surface area (Å²) in [7, 11) is 0. The number of amides is 1. The maximum Gasteiger partial charge on any atom is 0.254 e. The molecule has 110 valence electrons. The average molecular weight is 277 g/mol. The Bertz CT molecular complexity index is 456. The molecule has 2 rings (SSSR count). The maximum atomic E-state index is 12.3. The molecule has 0 radical (unpaired) electrons. The quantitative estimate of drug-likeness (QED) is 0.864. The summed E-state index contributed by atoms with van der Waals surface area (Å²) in [6.07, 6.45) is 3.69. The summed E-state index contributed by atoms with van der Waals surface area (Å²) in [5.74, 6) is 0.466. The zero-order valence-corrected chi connectivity index (χ0v) is 12.2. The normalized spacial score (nSPS) is 15.9. The van der Waals surface area contributed by atoms with E-state index >= 15 is 0 Å². The number of hydrogen-bond donors (Lipinski definition) is 2. The number of nitrogens with one attached hydrogen (secondary N) is 2. The van der Waals surface area contributed by atoms with E-state index in [0.717, 1.165) is 44.0 Å². The van der Waals surface area contributed by atoms with Crippen molar-refractivity contribution in [2.45, 2.75) is 26.7 Å². The van der Waals surface area contributed by atoms with Gasteiger partial charge in [0.2, 0.25) is 0 Å². The van der Waals surface area contributed by atoms with Crippen LogP contribution in [0.4, 0.5) is 5.69 Å². The molecule has 1 saturated heterocycles. The van der Waals surface area contributed by atoms with Crippen molar-refractivity contribution in [2.75, 3.05) is 31.6 Å². The van der Waals surface area contributed by atoms with E-state index in [1.807, 2.05) is 19.9 Å². The number of anilines is 1. The summed E-state index contributed by atoms with van der Waals surface area (Å²) in [6, 6.07) is 1.91. The fraction of sp³-hybridized carbons (Fsp3) is 0.600. The first-order valence-electron chi connectivity index (χ1n) is 7.27. The van der Waals surface area contributed by atoms with Crippen molar-refractivity contribution in [3.8, 4) is 0 Å². The van der Waals surface area contributed by atoms with Crippen molar-refractivity contribution >= 4 is 11.6 Å². The van der Waals surface area contributed by atoms with Crippen molar-refractivity contribution in [2.24, 2.45) is 5.92 Å². The smallest absolute Gasteiger partial charge is 0.254 e. The van der Waals surface area contributed by atoms with Gasteiger partial charge < -0.3 is 15.4 Å². The Morgan fingerprint density at radius 2 is 2.20 bits per heavy atom. The highest BCUT2D eigenvalue weighted by molar-refractivity contribution is 5.99. The van der Waals surface area contributed by atoms with Crippen LogP contribution in [-0.4, -0.2) is 37.2 Å². The molecule has 5 heteroatoms. The van der Waals surface area contributed by atoms with Crippen molar-refractivity contribution in [1.29, 1.82) is 0 Å². The summed E-state index contributed by atoms with van der Waals surface area (Å²) in [5, 5.41) is 6.23. The van der Waals surface area contributed by atoms with Crippen LogP contribution in [0.3, 0.4) is 0 Å². The first-order valence-corrected chi connectivity index (χ1v) is 7.27. The number of aryl methyl sites for hydroxylation is 1. The third-order valence-electron chi connectivity index (χ3n) is 3.54. The van der Waals surface area contributed by atoms with E-state index in [0.29, 0.717) is 18.0 Å². The van der Waals surface area contributed by atoms with E-state index in [1.165, 1.54) is 0 Å². The molecule has 1 fully saturated rings. The standard InChI is InChI=1S/C15H23N3O2/c1-3-16-14-8-11(2)17-10-13(14)15(19)18-9-12-4-6-20-7-5-12/h8,10,12H,3-7,9H2,1-2H3,(H,16,17)(H,18,19). The third kappa shape index (κ3) is 3.93. The van der Waals surface area contributed by atoms with Crippen LogP contribution in [0.15, 0.2) is 12.3 Å². The van der Waals surface area contributed by atoms with Crippen molar-refractivity contribution < 1.29 is 9.53 Å². The van der Waals surface area contributed by atoms with E-state index in [4.69, 9.17) is 4.74 Å². The van der Waals surface area contributed by atoms with Gasteiger partial charge in [0.1, 0.15) is 0 Å². The van der Waals surface area contributed by atoms with Gasteiger partial charge in [0, 0.05) is 38.2 Å². The fourth-order valence-corrected chi connectivity index (χ4v) is 2.36. The van der Waals surface area contributed by atoms with Crippen LogP contribution in [0, 0.1) is 12.8 Å². The Morgan fingerprint density at radius 1 is 1.45 bits per heavy atom. The highest BCUT2D eigenvalue weighted by Crippen LogP contribution is 2.17. The second-order valence-electron chi connectivity index (χ2n) is 5.17. The molecule has 1 aliphatic rings. The molecule has 1 aliphatic heterocycles. The lowest BCUT2D eigenvalue weighted by atomic mass is 10.0. The summed E-state index contributed by atoms with van der Waals surface area (Å²) >= 11 is 0. The topological polar surface area (TPSA) is 63.2 Å². The number of rotatable bonds is 5. The van der Waals surface area contributed by atoms with E-state index in [1.54, 1.807) is 6.20 Å². The Balaban J connectivity index is 1.97. The minimum Gasteiger partial charge on any atom is -0.385 e. The van der Waals surface area contributed by atoms with Crippen molar-refractivity contribution in [3.63, 3.8) is 0 Å². The lowest BCUT2D eigenvalue weighted by Gasteiger charge is -2.22. The molecular formula is C15H23N3O2. The molecule has 5 nitrogen and oxygen atoms in total. The van der Waals surface area contributed by atoms with E-state index in [9.17, 15) is 4.79 Å². The van der Waals surface area contributed by atoms with Gasteiger partial charge in [-0.3, -0.25) is 9.78 Å². The SMILES string of the molecule is CCNc1cc(C)ncc1C(=O)NCC1CCOCC1. The summed E-state index contributed by atoms with van der Waals surface area (Å²) < 4.78 is 5.32. The van der Waals surface area contributed by atoms with Crippen molar-refractivity contribution in [3.05, 3.63) is 23.5 Å². The average Bonchev–Trinajstić information content (AvgIpc) is 2.46. The number of carbonyl (C=O) groups is 1. The molecule has 0 saturated carbocycles. The Hall–Kier alpha value is -1.62. The van der Waals surface area contributed by atoms with Crippen LogP contribution in [0.25, 0.3) is 0 Å². The first-order chi connectivity index (χ1) is 9.70. The van der Waals surface area contributed by atoms with E-state index < -0.39 is 0 Å². The van der Waals surface area contributed by atoms with Crippen LogP contribution >= 0.6 is 0 Å². The molecule has 0 atom stereocenters. The van der Waals surface area contributed by atoms with Crippen LogP contribution in [0.1, 0.15) is 35.8 Å². The molecule has 20 heavy (non-hydrogen) atoms. The first kappa shape index (κ1) is 14.8. The number of hydrogen-bond acceptors (Lipinski definition) is 4. The minimum absolute atomic E-state index is 0.0556. The van der Waals surface area contributed by atoms with Gasteiger partial charge in [-0.1, -0.05) is 0 Å². The Kier molecular flexibility index (Phi) is 5.35. The third-order valence-corrected chi connectivity index (χ3v) is 3.54. The molecule has 0 bridgehead atoms. The summed E-state index contributed by atoms with van der Waals surface area (Å²) in [4.78, 5) is 16.5. The lowest BCUT2D eigenvalue weighted by molar-refractivity contribution is 0.0643. The van der Waals surface area contributed by atoms with Gasteiger partial charge >= 0.3 is 0 Å². The lowest BCUT2D eigenvalue weighted by Crippen LogP contribution is -2.32. The predicted octanol–water partition coefficient (Wildman–Crippen LogP) is 1.98. The van der Waals surface area contributed by atoms with Gasteiger partial charge in [-0.15, -0.1) is 0 Å². The number of ether oxygens (including phenoxy) is 1. The molecule has 0 spiro atoms. The number of carbonyl (C=O) groups excluding carboxylic acids is 1. The molecule has 1 amide bonds. The minimum atomic E-state index is -0.0556. The maximum absolute atomic E-state index is 12.3. The summed E-state index contributed by atoms with van der Waals surface area (Å²) in [6.45, 7) is 7.03. The monoisotopic (exact) mass is 277 g/mol. The van der Waals surface area contributed by atoms with Gasteiger partial charge in [-0.25, -0.2) is 0 Å². The fourth-order valence-electron chi connectivity index (χ4n) is 2.36. The van der Waals surface area contributed by atoms with Gasteiger partial charge in [0.05, 0.1) is 11.3 Å². The van der Waals surface area contributed by atoms with Gasteiger partial charge in [-0.2, -0.15) is 0 Å². The van der Waals surface area contributed by atoms with Crippen LogP contribution < -0.4 is 10.6 Å². The zero-order valence-electron chi connectivity index (χ0n) is 12.2. The van der Waals surface area contributed by atoms with Gasteiger partial charge in [0.15, 0.2) is 0 Å². The highest BCUT2D eigenvalue weighted by atomic mass is 16.5. The van der Waals surface area contributed by atoms with E-state index in [2.05, 4.69) is 15.6 Å². The number of pyridine rings is 1. The van der Waals surface area contributed by atoms with Crippen LogP contribution in [-0.2, 0) is 4.74 Å². The second-order valence-corrected chi connectivity index (χ2v) is 5.17. The number of aromatic nitrogens is 1. The molecule has 1 aromatic heterocycles. The molecular weight excluding hydrogens is 254 g/mol. The highest BCUT2D eigenvalue weighted by Gasteiger charge is 2.17. The van der Waals surface area contributed by atoms with Gasteiger partial charge in [-0.05, 0) is 38.7 Å². The van der Waals surface area contributed by atoms with Crippen LogP contribution in [0.5, 0.6) is 0 Å². The number of nitrogens with zero attached hydrogens (tertiary/aromatic N) is 1. The van der Waals surface area contributed by atoms with E-state index in [-0.39, 0.29) is 5.91 Å². The predicted molar refractivity (Wildman–Crippen MR) is 79.0 cm³/mol. The molecule has 1 aromatic rings.